The van der Waals surface area contributed by atoms with Gasteiger partial charge < -0.3 is 10.5 Å². The smallest absolute Gasteiger partial charge is 0.323 e. The zero-order valence-electron chi connectivity index (χ0n) is 8.20. The second-order valence-electron chi connectivity index (χ2n) is 3.59. The van der Waals surface area contributed by atoms with Crippen molar-refractivity contribution in [2.24, 2.45) is 17.6 Å². The van der Waals surface area contributed by atoms with E-state index in [-0.39, 0.29) is 17.8 Å². The Balaban J connectivity index is 3.72. The molecule has 0 amide bonds. The van der Waals surface area contributed by atoms with Gasteiger partial charge in [0.15, 0.2) is 0 Å². The Labute approximate surface area is 74.3 Å². The highest BCUT2D eigenvalue weighted by atomic mass is 16.5. The first-order valence-corrected chi connectivity index (χ1v) is 4.24. The van der Waals surface area contributed by atoms with Crippen molar-refractivity contribution in [3.8, 4) is 0 Å². The number of ether oxygens (including phenoxy) is 1. The van der Waals surface area contributed by atoms with Gasteiger partial charge in [-0.2, -0.15) is 0 Å². The maximum absolute atomic E-state index is 11.1. The molecule has 0 rings (SSSR count). The summed E-state index contributed by atoms with van der Waals surface area (Å²) in [5.74, 6) is 0.0186. The molecule has 0 bridgehead atoms. The molecule has 12 heavy (non-hydrogen) atoms. The molecule has 0 saturated heterocycles. The molecule has 1 atom stereocenters. The Bertz CT molecular complexity index is 143. The van der Waals surface area contributed by atoms with E-state index in [1.165, 1.54) is 6.61 Å². The molecule has 0 unspecified atom stereocenters. The van der Waals surface area contributed by atoms with Crippen LogP contribution in [0.3, 0.4) is 0 Å². The summed E-state index contributed by atoms with van der Waals surface area (Å²) in [6, 6.07) is -0.514. The number of hydrogen-bond acceptors (Lipinski definition) is 3. The summed E-state index contributed by atoms with van der Waals surface area (Å²) >= 11 is 0. The molecular weight excluding hydrogens is 154 g/mol. The van der Waals surface area contributed by atoms with Gasteiger partial charge in [-0.1, -0.05) is 27.7 Å². The van der Waals surface area contributed by atoms with E-state index < -0.39 is 6.04 Å². The van der Waals surface area contributed by atoms with Crippen LogP contribution in [-0.4, -0.2) is 12.0 Å². The van der Waals surface area contributed by atoms with Gasteiger partial charge in [0, 0.05) is 0 Å². The summed E-state index contributed by atoms with van der Waals surface area (Å²) in [5.41, 5.74) is 5.55. The lowest BCUT2D eigenvalue weighted by atomic mass is 10.1. The monoisotopic (exact) mass is 172 g/mol. The maximum Gasteiger partial charge on any atom is 0.323 e. The SMILES string of the molecule is CC(C)[CH]OC(=O)[C@H](N)C(C)C. The van der Waals surface area contributed by atoms with Crippen LogP contribution in [-0.2, 0) is 9.53 Å². The van der Waals surface area contributed by atoms with Crippen molar-refractivity contribution in [2.45, 2.75) is 33.7 Å². The van der Waals surface area contributed by atoms with Crippen LogP contribution in [0.1, 0.15) is 27.7 Å². The fourth-order valence-corrected chi connectivity index (χ4v) is 0.554. The van der Waals surface area contributed by atoms with Gasteiger partial charge in [0.2, 0.25) is 0 Å². The molecule has 0 aliphatic carbocycles. The van der Waals surface area contributed by atoms with Gasteiger partial charge in [0.25, 0.3) is 0 Å². The fourth-order valence-electron chi connectivity index (χ4n) is 0.554. The molecule has 0 fully saturated rings. The van der Waals surface area contributed by atoms with Crippen molar-refractivity contribution in [3.63, 3.8) is 0 Å². The van der Waals surface area contributed by atoms with Gasteiger partial charge in [-0.25, -0.2) is 0 Å². The zero-order chi connectivity index (χ0) is 9.72. The molecule has 0 aromatic rings. The molecular formula is C9H18NO2. The van der Waals surface area contributed by atoms with E-state index in [1.807, 2.05) is 27.7 Å². The molecule has 2 N–H and O–H groups in total. The van der Waals surface area contributed by atoms with Crippen LogP contribution in [0.2, 0.25) is 0 Å². The summed E-state index contributed by atoms with van der Waals surface area (Å²) < 4.78 is 4.84. The average Bonchev–Trinajstić information content (AvgIpc) is 1.98. The Morgan fingerprint density at radius 3 is 2.17 bits per heavy atom. The van der Waals surface area contributed by atoms with Gasteiger partial charge in [0.05, 0.1) is 0 Å². The number of esters is 1. The third-order valence-corrected chi connectivity index (χ3v) is 1.45. The minimum absolute atomic E-state index is 0.123. The second kappa shape index (κ2) is 5.14. The summed E-state index contributed by atoms with van der Waals surface area (Å²) in [6.45, 7) is 9.16. The van der Waals surface area contributed by atoms with E-state index in [1.54, 1.807) is 0 Å². The van der Waals surface area contributed by atoms with E-state index >= 15 is 0 Å². The molecule has 0 aliphatic heterocycles. The van der Waals surface area contributed by atoms with E-state index in [0.717, 1.165) is 0 Å². The average molecular weight is 172 g/mol. The predicted octanol–water partition coefficient (Wildman–Crippen LogP) is 1.33. The van der Waals surface area contributed by atoms with Crippen molar-refractivity contribution in [3.05, 3.63) is 6.61 Å². The van der Waals surface area contributed by atoms with Crippen LogP contribution in [0, 0.1) is 18.4 Å². The van der Waals surface area contributed by atoms with Crippen molar-refractivity contribution in [2.75, 3.05) is 0 Å². The minimum Gasteiger partial charge on any atom is -0.457 e. The molecule has 0 aliphatic rings. The van der Waals surface area contributed by atoms with Crippen molar-refractivity contribution >= 4 is 5.97 Å². The van der Waals surface area contributed by atoms with Crippen LogP contribution in [0.25, 0.3) is 0 Å². The third kappa shape index (κ3) is 4.34. The Morgan fingerprint density at radius 2 is 1.83 bits per heavy atom. The van der Waals surface area contributed by atoms with Gasteiger partial charge in [0.1, 0.15) is 12.6 Å². The van der Waals surface area contributed by atoms with E-state index in [0.29, 0.717) is 0 Å². The topological polar surface area (TPSA) is 52.3 Å². The van der Waals surface area contributed by atoms with Crippen LogP contribution < -0.4 is 5.73 Å². The Hall–Kier alpha value is -0.570. The first-order valence-electron chi connectivity index (χ1n) is 4.24. The molecule has 0 aromatic heterocycles. The fraction of sp³-hybridized carbons (Fsp3) is 0.778. The molecule has 0 aromatic carbocycles. The van der Waals surface area contributed by atoms with Crippen molar-refractivity contribution in [1.29, 1.82) is 0 Å². The quantitative estimate of drug-likeness (QED) is 0.651. The molecule has 3 nitrogen and oxygen atoms in total. The molecule has 1 radical (unpaired) electrons. The van der Waals surface area contributed by atoms with Crippen LogP contribution in [0.4, 0.5) is 0 Å². The van der Waals surface area contributed by atoms with Crippen molar-refractivity contribution in [1.82, 2.24) is 0 Å². The van der Waals surface area contributed by atoms with E-state index in [4.69, 9.17) is 10.5 Å². The summed E-state index contributed by atoms with van der Waals surface area (Å²) in [5, 5.41) is 0. The predicted molar refractivity (Wildman–Crippen MR) is 48.0 cm³/mol. The van der Waals surface area contributed by atoms with Gasteiger partial charge in [-0.3, -0.25) is 4.79 Å². The highest BCUT2D eigenvalue weighted by Gasteiger charge is 2.18. The van der Waals surface area contributed by atoms with Gasteiger partial charge >= 0.3 is 5.97 Å². The second-order valence-corrected chi connectivity index (χ2v) is 3.59. The lowest BCUT2D eigenvalue weighted by molar-refractivity contribution is -0.143. The highest BCUT2D eigenvalue weighted by molar-refractivity contribution is 5.76. The van der Waals surface area contributed by atoms with Gasteiger partial charge in [-0.05, 0) is 11.8 Å². The zero-order valence-corrected chi connectivity index (χ0v) is 8.20. The molecule has 0 saturated carbocycles. The molecule has 0 heterocycles. The largest absolute Gasteiger partial charge is 0.457 e. The summed E-state index contributed by atoms with van der Waals surface area (Å²) in [6.07, 6.45) is 0. The summed E-state index contributed by atoms with van der Waals surface area (Å²) in [4.78, 5) is 11.1. The van der Waals surface area contributed by atoms with Crippen LogP contribution in [0.15, 0.2) is 0 Å². The van der Waals surface area contributed by atoms with Crippen LogP contribution >= 0.6 is 0 Å². The number of carbonyl (C=O) groups is 1. The minimum atomic E-state index is -0.514. The lowest BCUT2D eigenvalue weighted by Crippen LogP contribution is -2.36. The third-order valence-electron chi connectivity index (χ3n) is 1.45. The first kappa shape index (κ1) is 11.4. The number of nitrogens with two attached hydrogens (primary N) is 1. The standard InChI is InChI=1S/C9H18NO2/c1-6(2)5-12-9(11)8(10)7(3)4/h5-8H,10H2,1-4H3/t8-/m1/s1. The molecule has 71 valence electrons. The Kier molecular flexibility index (Phi) is 4.90. The molecule has 3 heteroatoms. The normalized spacial score (nSPS) is 13.6. The lowest BCUT2D eigenvalue weighted by Gasteiger charge is -2.14. The summed E-state index contributed by atoms with van der Waals surface area (Å²) in [7, 11) is 0. The number of rotatable bonds is 4. The Morgan fingerprint density at radius 1 is 1.33 bits per heavy atom. The van der Waals surface area contributed by atoms with E-state index in [2.05, 4.69) is 0 Å². The van der Waals surface area contributed by atoms with Crippen molar-refractivity contribution < 1.29 is 9.53 Å². The highest BCUT2D eigenvalue weighted by Crippen LogP contribution is 2.04. The van der Waals surface area contributed by atoms with Gasteiger partial charge in [-0.15, -0.1) is 0 Å². The molecule has 0 spiro atoms. The maximum atomic E-state index is 11.1. The number of hydrogen-bond donors (Lipinski definition) is 1. The van der Waals surface area contributed by atoms with Crippen LogP contribution in [0.5, 0.6) is 0 Å². The number of carbonyl (C=O) groups excluding carboxylic acids is 1. The first-order chi connectivity index (χ1) is 5.45. The van der Waals surface area contributed by atoms with E-state index in [9.17, 15) is 4.79 Å².